The summed E-state index contributed by atoms with van der Waals surface area (Å²) in [4.78, 5) is 2.53. The monoisotopic (exact) mass is 338 g/mol. The highest BCUT2D eigenvalue weighted by Gasteiger charge is 2.32. The molecule has 0 unspecified atom stereocenters. The molecule has 1 N–H and O–H groups in total. The highest BCUT2D eigenvalue weighted by Crippen LogP contribution is 2.37. The van der Waals surface area contributed by atoms with Gasteiger partial charge in [-0.15, -0.1) is 0 Å². The van der Waals surface area contributed by atoms with Gasteiger partial charge < -0.3 is 10.2 Å². The van der Waals surface area contributed by atoms with Crippen LogP contribution in [0.25, 0.3) is 0 Å². The van der Waals surface area contributed by atoms with Crippen LogP contribution in [0.5, 0.6) is 0 Å². The maximum atomic E-state index is 3.76. The third kappa shape index (κ3) is 3.76. The first-order valence-corrected chi connectivity index (χ1v) is 8.29. The van der Waals surface area contributed by atoms with E-state index in [1.807, 2.05) is 0 Å². The van der Waals surface area contributed by atoms with Crippen LogP contribution in [0.2, 0.25) is 0 Å². The predicted molar refractivity (Wildman–Crippen MR) is 91.4 cm³/mol. The number of benzene rings is 1. The van der Waals surface area contributed by atoms with Crippen molar-refractivity contribution >= 4 is 21.6 Å². The minimum absolute atomic E-state index is 0.155. The van der Waals surface area contributed by atoms with Gasteiger partial charge in [0.25, 0.3) is 0 Å². The van der Waals surface area contributed by atoms with E-state index in [1.54, 1.807) is 0 Å². The van der Waals surface area contributed by atoms with Gasteiger partial charge >= 0.3 is 0 Å². The number of nitrogens with one attached hydrogen (secondary N) is 1. The molecule has 1 aliphatic rings. The lowest BCUT2D eigenvalue weighted by molar-refractivity contribution is 0.424. The zero-order valence-electron chi connectivity index (χ0n) is 13.4. The Hall–Kier alpha value is -0.540. The molecule has 0 saturated carbocycles. The number of hydrogen-bond donors (Lipinski definition) is 1. The predicted octanol–water partition coefficient (Wildman–Crippen LogP) is 4.72. The molecule has 1 aromatic carbocycles. The number of hydrogen-bond acceptors (Lipinski definition) is 2. The van der Waals surface area contributed by atoms with Crippen LogP contribution in [0.4, 0.5) is 5.69 Å². The second-order valence-electron chi connectivity index (χ2n) is 7.46. The van der Waals surface area contributed by atoms with E-state index in [9.17, 15) is 0 Å². The Morgan fingerprint density at radius 1 is 1.30 bits per heavy atom. The Bertz CT molecular complexity index is 474. The molecule has 2 nitrogen and oxygen atoms in total. The van der Waals surface area contributed by atoms with Crippen LogP contribution in [-0.2, 0) is 6.54 Å². The van der Waals surface area contributed by atoms with Crippen LogP contribution in [0.15, 0.2) is 22.7 Å². The summed E-state index contributed by atoms with van der Waals surface area (Å²) in [7, 11) is 0. The van der Waals surface area contributed by atoms with Gasteiger partial charge in [0.05, 0.1) is 5.69 Å². The number of halogens is 1. The highest BCUT2D eigenvalue weighted by molar-refractivity contribution is 9.10. The van der Waals surface area contributed by atoms with E-state index in [1.165, 1.54) is 28.6 Å². The summed E-state index contributed by atoms with van der Waals surface area (Å²) in [6.45, 7) is 13.3. The summed E-state index contributed by atoms with van der Waals surface area (Å²) in [5, 5.41) is 3.54. The Balaban J connectivity index is 2.14. The first-order chi connectivity index (χ1) is 9.19. The van der Waals surface area contributed by atoms with Crippen molar-refractivity contribution in [3.8, 4) is 0 Å². The summed E-state index contributed by atoms with van der Waals surface area (Å²) < 4.78 is 1.21. The molecule has 2 rings (SSSR count). The Morgan fingerprint density at radius 3 is 2.50 bits per heavy atom. The Morgan fingerprint density at radius 2 is 2.00 bits per heavy atom. The average molecular weight is 339 g/mol. The van der Waals surface area contributed by atoms with E-state index in [0.717, 1.165) is 13.1 Å². The van der Waals surface area contributed by atoms with Gasteiger partial charge in [-0.25, -0.2) is 0 Å². The Kier molecular flexibility index (Phi) is 4.50. The van der Waals surface area contributed by atoms with Crippen LogP contribution in [0.3, 0.4) is 0 Å². The normalized spacial score (nSPS) is 18.6. The zero-order chi connectivity index (χ0) is 15.0. The van der Waals surface area contributed by atoms with Crippen molar-refractivity contribution in [2.75, 3.05) is 11.4 Å². The van der Waals surface area contributed by atoms with E-state index in [0.29, 0.717) is 0 Å². The molecule has 3 heteroatoms. The molecule has 0 aliphatic carbocycles. The molecule has 1 aromatic rings. The summed E-state index contributed by atoms with van der Waals surface area (Å²) in [6.07, 6.45) is 2.56. The lowest BCUT2D eigenvalue weighted by Gasteiger charge is -2.34. The van der Waals surface area contributed by atoms with Crippen molar-refractivity contribution in [3.05, 3.63) is 28.2 Å². The van der Waals surface area contributed by atoms with Crippen molar-refractivity contribution in [1.29, 1.82) is 0 Å². The first-order valence-electron chi connectivity index (χ1n) is 7.50. The summed E-state index contributed by atoms with van der Waals surface area (Å²) >= 11 is 3.76. The van der Waals surface area contributed by atoms with E-state index < -0.39 is 0 Å². The zero-order valence-corrected chi connectivity index (χ0v) is 15.0. The highest BCUT2D eigenvalue weighted by atomic mass is 79.9. The minimum atomic E-state index is 0.155. The third-order valence-corrected chi connectivity index (χ3v) is 4.66. The van der Waals surface area contributed by atoms with Crippen LogP contribution in [0, 0.1) is 0 Å². The third-order valence-electron chi connectivity index (χ3n) is 4.03. The maximum absolute atomic E-state index is 3.76. The molecule has 1 fully saturated rings. The number of rotatable bonds is 3. The van der Waals surface area contributed by atoms with Gasteiger partial charge in [-0.05, 0) is 81.1 Å². The van der Waals surface area contributed by atoms with Gasteiger partial charge in [0, 0.05) is 28.6 Å². The molecule has 1 saturated heterocycles. The van der Waals surface area contributed by atoms with Crippen LogP contribution in [-0.4, -0.2) is 17.6 Å². The average Bonchev–Trinajstić information content (AvgIpc) is 2.66. The molecule has 0 radical (unpaired) electrons. The molecule has 1 aliphatic heterocycles. The van der Waals surface area contributed by atoms with E-state index in [4.69, 9.17) is 0 Å². The first kappa shape index (κ1) is 15.8. The van der Waals surface area contributed by atoms with E-state index in [-0.39, 0.29) is 11.1 Å². The molecule has 0 bridgehead atoms. The van der Waals surface area contributed by atoms with Crippen molar-refractivity contribution in [2.45, 2.75) is 65.1 Å². The van der Waals surface area contributed by atoms with Crippen molar-refractivity contribution in [1.82, 2.24) is 5.32 Å². The second kappa shape index (κ2) is 5.69. The van der Waals surface area contributed by atoms with Crippen molar-refractivity contribution < 1.29 is 0 Å². The summed E-state index contributed by atoms with van der Waals surface area (Å²) in [6, 6.07) is 6.76. The molecule has 112 valence electrons. The molecular weight excluding hydrogens is 312 g/mol. The van der Waals surface area contributed by atoms with Gasteiger partial charge in [0.15, 0.2) is 0 Å². The lowest BCUT2D eigenvalue weighted by atomic mass is 10.0. The molecule has 0 atom stereocenters. The largest absolute Gasteiger partial charge is 0.366 e. The molecule has 20 heavy (non-hydrogen) atoms. The van der Waals surface area contributed by atoms with E-state index >= 15 is 0 Å². The van der Waals surface area contributed by atoms with Gasteiger partial charge in [-0.2, -0.15) is 0 Å². The van der Waals surface area contributed by atoms with Crippen LogP contribution in [0.1, 0.15) is 53.0 Å². The number of nitrogens with zero attached hydrogens (tertiary/aromatic N) is 1. The number of anilines is 1. The fourth-order valence-electron chi connectivity index (χ4n) is 2.80. The topological polar surface area (TPSA) is 15.3 Å². The summed E-state index contributed by atoms with van der Waals surface area (Å²) in [5.41, 5.74) is 3.08. The van der Waals surface area contributed by atoms with Gasteiger partial charge in [-0.1, -0.05) is 6.07 Å². The lowest BCUT2D eigenvalue weighted by Crippen LogP contribution is -2.38. The van der Waals surface area contributed by atoms with Gasteiger partial charge in [0.2, 0.25) is 0 Å². The molecule has 1 heterocycles. The van der Waals surface area contributed by atoms with Crippen molar-refractivity contribution in [2.24, 2.45) is 0 Å². The quantitative estimate of drug-likeness (QED) is 0.857. The molecular formula is C17H27BrN2. The van der Waals surface area contributed by atoms with E-state index in [2.05, 4.69) is 79.0 Å². The minimum Gasteiger partial charge on any atom is -0.366 e. The maximum Gasteiger partial charge on any atom is 0.0515 e. The van der Waals surface area contributed by atoms with Crippen molar-refractivity contribution in [3.63, 3.8) is 0 Å². The molecule has 0 amide bonds. The SMILES string of the molecule is CC(C)(C)NCc1ccc(N2CCCC2(C)C)c(Br)c1. The Labute approximate surface area is 132 Å². The van der Waals surface area contributed by atoms with Gasteiger partial charge in [0.1, 0.15) is 0 Å². The van der Waals surface area contributed by atoms with Crippen LogP contribution < -0.4 is 10.2 Å². The molecule has 0 aromatic heterocycles. The second-order valence-corrected chi connectivity index (χ2v) is 8.31. The standard InChI is InChI=1S/C17H27BrN2/c1-16(2,3)19-12-13-7-8-15(14(18)11-13)20-10-6-9-17(20,4)5/h7-8,11,19H,6,9-10,12H2,1-5H3. The smallest absolute Gasteiger partial charge is 0.0515 e. The fourth-order valence-corrected chi connectivity index (χ4v) is 3.44. The van der Waals surface area contributed by atoms with Crippen LogP contribution >= 0.6 is 15.9 Å². The van der Waals surface area contributed by atoms with Gasteiger partial charge in [-0.3, -0.25) is 0 Å². The summed E-state index contributed by atoms with van der Waals surface area (Å²) in [5.74, 6) is 0. The molecule has 0 spiro atoms. The fraction of sp³-hybridized carbons (Fsp3) is 0.647.